The van der Waals surface area contributed by atoms with Gasteiger partial charge in [0, 0.05) is 28.5 Å². The molecule has 142 valence electrons. The second-order valence-electron chi connectivity index (χ2n) is 6.68. The first-order valence-electron chi connectivity index (χ1n) is 9.14. The Balaban J connectivity index is 1.61. The van der Waals surface area contributed by atoms with Crippen LogP contribution in [-0.4, -0.2) is 26.7 Å². The molecule has 5 nitrogen and oxygen atoms in total. The number of pyridine rings is 1. The van der Waals surface area contributed by atoms with Crippen LogP contribution in [0.25, 0.3) is 39.3 Å². The van der Waals surface area contributed by atoms with E-state index in [1.165, 1.54) is 12.1 Å². The molecule has 6 heteroatoms. The maximum Gasteiger partial charge on any atom is 0.137 e. The highest BCUT2D eigenvalue weighted by molar-refractivity contribution is 5.81. The Hall–Kier alpha value is -3.93. The Bertz CT molecular complexity index is 1290. The highest BCUT2D eigenvalue weighted by Crippen LogP contribution is 2.32. The van der Waals surface area contributed by atoms with E-state index in [0.29, 0.717) is 0 Å². The van der Waals surface area contributed by atoms with Gasteiger partial charge in [-0.2, -0.15) is 5.10 Å². The summed E-state index contributed by atoms with van der Waals surface area (Å²) in [6.07, 6.45) is 5.68. The average Bonchev–Trinajstić information content (AvgIpc) is 3.41. The van der Waals surface area contributed by atoms with Gasteiger partial charge in [0.15, 0.2) is 0 Å². The van der Waals surface area contributed by atoms with Crippen LogP contribution in [0, 0.1) is 5.82 Å². The van der Waals surface area contributed by atoms with Crippen molar-refractivity contribution < 1.29 is 9.13 Å². The van der Waals surface area contributed by atoms with E-state index in [1.807, 2.05) is 48.8 Å². The second kappa shape index (κ2) is 6.91. The maximum atomic E-state index is 13.3. The minimum atomic E-state index is -0.265. The summed E-state index contributed by atoms with van der Waals surface area (Å²) < 4.78 is 20.6. The molecular weight excluding hydrogens is 367 g/mol. The third kappa shape index (κ3) is 3.04. The molecule has 5 aromatic rings. The topological polar surface area (TPSA) is 55.2 Å². The summed E-state index contributed by atoms with van der Waals surface area (Å²) in [5.74, 6) is 0.546. The van der Waals surface area contributed by atoms with E-state index >= 15 is 0 Å². The number of fused-ring (bicyclic) bond motifs is 1. The first kappa shape index (κ1) is 17.2. The highest BCUT2D eigenvalue weighted by Gasteiger charge is 2.13. The van der Waals surface area contributed by atoms with Gasteiger partial charge >= 0.3 is 0 Å². The third-order valence-corrected chi connectivity index (χ3v) is 4.97. The van der Waals surface area contributed by atoms with Gasteiger partial charge in [0.25, 0.3) is 0 Å². The zero-order valence-electron chi connectivity index (χ0n) is 15.6. The minimum Gasteiger partial charge on any atom is -0.497 e. The van der Waals surface area contributed by atoms with Crippen LogP contribution in [0.1, 0.15) is 0 Å². The Morgan fingerprint density at radius 1 is 0.862 bits per heavy atom. The van der Waals surface area contributed by atoms with Crippen LogP contribution in [0.15, 0.2) is 79.3 Å². The van der Waals surface area contributed by atoms with Crippen molar-refractivity contribution in [3.05, 3.63) is 85.1 Å². The lowest BCUT2D eigenvalue weighted by molar-refractivity contribution is 0.415. The summed E-state index contributed by atoms with van der Waals surface area (Å²) in [5.41, 5.74) is 6.52. The molecule has 0 aliphatic heterocycles. The van der Waals surface area contributed by atoms with E-state index in [0.717, 1.165) is 45.0 Å². The highest BCUT2D eigenvalue weighted by atomic mass is 19.1. The standard InChI is InChI=1S/C23H17FN4O/c1-29-19-9-4-15(5-10-19)21-13-25-22-11-6-17(14-28(21)22)20-12-26-27-23(20)16-2-7-18(24)8-3-16/h2-14H,1H3,(H,26,27). The molecule has 0 bridgehead atoms. The largest absolute Gasteiger partial charge is 0.497 e. The smallest absolute Gasteiger partial charge is 0.137 e. The van der Waals surface area contributed by atoms with E-state index in [9.17, 15) is 4.39 Å². The van der Waals surface area contributed by atoms with Gasteiger partial charge in [0.05, 0.1) is 30.9 Å². The van der Waals surface area contributed by atoms with E-state index in [4.69, 9.17) is 4.74 Å². The number of imidazole rings is 1. The number of hydrogen-bond donors (Lipinski definition) is 1. The fourth-order valence-electron chi connectivity index (χ4n) is 3.46. The van der Waals surface area contributed by atoms with Crippen molar-refractivity contribution in [3.8, 4) is 39.4 Å². The molecule has 29 heavy (non-hydrogen) atoms. The minimum absolute atomic E-state index is 0.265. The lowest BCUT2D eigenvalue weighted by Crippen LogP contribution is -1.91. The van der Waals surface area contributed by atoms with E-state index in [-0.39, 0.29) is 5.82 Å². The van der Waals surface area contributed by atoms with Gasteiger partial charge in [0.2, 0.25) is 0 Å². The van der Waals surface area contributed by atoms with Gasteiger partial charge < -0.3 is 4.74 Å². The van der Waals surface area contributed by atoms with Crippen molar-refractivity contribution in [2.75, 3.05) is 7.11 Å². The summed E-state index contributed by atoms with van der Waals surface area (Å²) in [4.78, 5) is 4.52. The molecule has 5 rings (SSSR count). The van der Waals surface area contributed by atoms with E-state index in [2.05, 4.69) is 19.6 Å². The van der Waals surface area contributed by atoms with E-state index in [1.54, 1.807) is 25.4 Å². The predicted octanol–water partition coefficient (Wildman–Crippen LogP) is 5.21. The number of ether oxygens (including phenoxy) is 1. The summed E-state index contributed by atoms with van der Waals surface area (Å²) in [6, 6.07) is 18.2. The van der Waals surface area contributed by atoms with Crippen molar-refractivity contribution in [1.29, 1.82) is 0 Å². The van der Waals surface area contributed by atoms with Crippen molar-refractivity contribution in [2.45, 2.75) is 0 Å². The van der Waals surface area contributed by atoms with Crippen molar-refractivity contribution >= 4 is 5.65 Å². The Labute approximate surface area is 166 Å². The summed E-state index contributed by atoms with van der Waals surface area (Å²) in [5, 5.41) is 7.24. The van der Waals surface area contributed by atoms with Crippen LogP contribution in [0.4, 0.5) is 4.39 Å². The molecule has 2 aromatic carbocycles. The second-order valence-corrected chi connectivity index (χ2v) is 6.68. The van der Waals surface area contributed by atoms with Gasteiger partial charge in [-0.15, -0.1) is 0 Å². The molecule has 0 spiro atoms. The normalized spacial score (nSPS) is 11.1. The molecule has 0 atom stereocenters. The van der Waals surface area contributed by atoms with Crippen LogP contribution < -0.4 is 4.74 Å². The van der Waals surface area contributed by atoms with Crippen LogP contribution in [0.3, 0.4) is 0 Å². The quantitative estimate of drug-likeness (QED) is 0.463. The fourth-order valence-corrected chi connectivity index (χ4v) is 3.46. The predicted molar refractivity (Wildman–Crippen MR) is 110 cm³/mol. The van der Waals surface area contributed by atoms with Crippen LogP contribution >= 0.6 is 0 Å². The number of benzene rings is 2. The molecule has 3 aromatic heterocycles. The molecule has 1 N–H and O–H groups in total. The SMILES string of the molecule is COc1ccc(-c2cnc3ccc(-c4cn[nH]c4-c4ccc(F)cc4)cn23)cc1. The number of hydrogen-bond acceptors (Lipinski definition) is 3. The number of nitrogens with zero attached hydrogens (tertiary/aromatic N) is 3. The molecule has 0 aliphatic rings. The maximum absolute atomic E-state index is 13.3. The monoisotopic (exact) mass is 384 g/mol. The van der Waals surface area contributed by atoms with Gasteiger partial charge in [-0.3, -0.25) is 9.50 Å². The van der Waals surface area contributed by atoms with Crippen LogP contribution in [0.5, 0.6) is 5.75 Å². The first-order valence-corrected chi connectivity index (χ1v) is 9.14. The average molecular weight is 384 g/mol. The third-order valence-electron chi connectivity index (χ3n) is 4.97. The molecule has 0 aliphatic carbocycles. The number of methoxy groups -OCH3 is 1. The molecule has 0 saturated carbocycles. The van der Waals surface area contributed by atoms with Crippen LogP contribution in [0.2, 0.25) is 0 Å². The molecule has 3 heterocycles. The Morgan fingerprint density at radius 2 is 1.59 bits per heavy atom. The first-order chi connectivity index (χ1) is 14.2. The van der Waals surface area contributed by atoms with E-state index < -0.39 is 0 Å². The van der Waals surface area contributed by atoms with Gasteiger partial charge in [-0.25, -0.2) is 9.37 Å². The van der Waals surface area contributed by atoms with Gasteiger partial charge in [-0.05, 0) is 60.7 Å². The zero-order valence-corrected chi connectivity index (χ0v) is 15.6. The van der Waals surface area contributed by atoms with Crippen molar-refractivity contribution in [2.24, 2.45) is 0 Å². The lowest BCUT2D eigenvalue weighted by Gasteiger charge is -2.07. The number of H-pyrrole nitrogens is 1. The lowest BCUT2D eigenvalue weighted by atomic mass is 10.0. The van der Waals surface area contributed by atoms with Crippen LogP contribution in [-0.2, 0) is 0 Å². The van der Waals surface area contributed by atoms with Gasteiger partial charge in [0.1, 0.15) is 17.2 Å². The zero-order chi connectivity index (χ0) is 19.8. The van der Waals surface area contributed by atoms with Gasteiger partial charge in [-0.1, -0.05) is 0 Å². The summed E-state index contributed by atoms with van der Waals surface area (Å²) in [7, 11) is 1.65. The van der Waals surface area contributed by atoms with Crippen molar-refractivity contribution in [1.82, 2.24) is 19.6 Å². The molecule has 0 unspecified atom stereocenters. The summed E-state index contributed by atoms with van der Waals surface area (Å²) >= 11 is 0. The number of rotatable bonds is 4. The molecule has 0 fully saturated rings. The molecule has 0 amide bonds. The summed E-state index contributed by atoms with van der Waals surface area (Å²) in [6.45, 7) is 0. The number of nitrogens with one attached hydrogen (secondary N) is 1. The number of aromatic amines is 1. The molecular formula is C23H17FN4O. The Morgan fingerprint density at radius 3 is 2.34 bits per heavy atom. The number of aromatic nitrogens is 4. The molecule has 0 saturated heterocycles. The molecule has 0 radical (unpaired) electrons. The number of halogens is 1. The fraction of sp³-hybridized carbons (Fsp3) is 0.0435. The van der Waals surface area contributed by atoms with Crippen molar-refractivity contribution in [3.63, 3.8) is 0 Å². The Kier molecular flexibility index (Phi) is 4.09.